The number of aromatic nitrogens is 2. The molecule has 5 heteroatoms. The van der Waals surface area contributed by atoms with Crippen molar-refractivity contribution in [1.29, 1.82) is 0 Å². The molecule has 0 bridgehead atoms. The third-order valence-electron chi connectivity index (χ3n) is 2.67. The van der Waals surface area contributed by atoms with Crippen molar-refractivity contribution in [3.05, 3.63) is 17.0 Å². The van der Waals surface area contributed by atoms with E-state index in [1.807, 2.05) is 21.0 Å². The van der Waals surface area contributed by atoms with Gasteiger partial charge in [0, 0.05) is 17.3 Å². The van der Waals surface area contributed by atoms with Crippen LogP contribution in [0.4, 0.5) is 0 Å². The molecule has 1 heterocycles. The molecule has 16 heavy (non-hydrogen) atoms. The van der Waals surface area contributed by atoms with Crippen LogP contribution in [0.1, 0.15) is 19.4 Å². The smallest absolute Gasteiger partial charge is 0.225 e. The molecule has 0 radical (unpaired) electrons. The Morgan fingerprint density at radius 2 is 2.06 bits per heavy atom. The zero-order valence-electron chi connectivity index (χ0n) is 10.4. The molecule has 1 aromatic heterocycles. The lowest BCUT2D eigenvalue weighted by molar-refractivity contribution is 0.110. The number of likely N-dealkylation sites (N-methyl/N-ethyl adjacent to an activating group) is 1. The Hall–Kier alpha value is -0.870. The molecule has 0 N–H and O–H groups in total. The Bertz CT molecular complexity index is 366. The molecule has 0 aliphatic carbocycles. The molecule has 4 nitrogen and oxygen atoms in total. The summed E-state index contributed by atoms with van der Waals surface area (Å²) in [5.74, 6) is 0.551. The molecule has 0 unspecified atom stereocenters. The van der Waals surface area contributed by atoms with Crippen molar-refractivity contribution in [3.63, 3.8) is 0 Å². The molecule has 0 saturated heterocycles. The molecule has 90 valence electrons. The zero-order chi connectivity index (χ0) is 12.3. The normalized spacial score (nSPS) is 11.9. The number of nitrogens with zero attached hydrogens (tertiary/aromatic N) is 3. The molecule has 1 aromatic rings. The van der Waals surface area contributed by atoms with Gasteiger partial charge in [0.2, 0.25) is 11.2 Å². The Morgan fingerprint density at radius 1 is 1.44 bits per heavy atom. The van der Waals surface area contributed by atoms with E-state index in [-0.39, 0.29) is 10.8 Å². The Morgan fingerprint density at radius 3 is 2.62 bits per heavy atom. The average molecular weight is 244 g/mol. The second-order valence-corrected chi connectivity index (χ2v) is 4.96. The first kappa shape index (κ1) is 13.2. The van der Waals surface area contributed by atoms with Gasteiger partial charge in [0.1, 0.15) is 6.61 Å². The number of hydrogen-bond donors (Lipinski definition) is 0. The predicted octanol–water partition coefficient (Wildman–Crippen LogP) is 2.16. The van der Waals surface area contributed by atoms with E-state index in [1.165, 1.54) is 0 Å². The number of rotatable bonds is 4. The van der Waals surface area contributed by atoms with Crippen LogP contribution < -0.4 is 4.74 Å². The zero-order valence-corrected chi connectivity index (χ0v) is 11.2. The molecule has 0 aliphatic heterocycles. The summed E-state index contributed by atoms with van der Waals surface area (Å²) in [5.41, 5.74) is 0.836. The van der Waals surface area contributed by atoms with E-state index < -0.39 is 0 Å². The molecular formula is C11H18ClN3O. The minimum atomic E-state index is -0.0517. The van der Waals surface area contributed by atoms with Gasteiger partial charge in [-0.15, -0.1) is 0 Å². The highest BCUT2D eigenvalue weighted by atomic mass is 35.5. The molecule has 0 spiro atoms. The number of halogens is 1. The van der Waals surface area contributed by atoms with Gasteiger partial charge >= 0.3 is 0 Å². The molecule has 0 amide bonds. The molecule has 0 atom stereocenters. The van der Waals surface area contributed by atoms with Crippen LogP contribution in [-0.2, 0) is 0 Å². The van der Waals surface area contributed by atoms with Crippen LogP contribution in [0, 0.1) is 6.92 Å². The number of ether oxygens (including phenoxy) is 1. The van der Waals surface area contributed by atoms with Gasteiger partial charge in [-0.05, 0) is 46.5 Å². The molecule has 0 saturated carbocycles. The molecule has 1 rings (SSSR count). The van der Waals surface area contributed by atoms with E-state index >= 15 is 0 Å². The molecular weight excluding hydrogens is 226 g/mol. The Labute approximate surface area is 102 Å². The maximum absolute atomic E-state index is 5.72. The Kier molecular flexibility index (Phi) is 4.10. The topological polar surface area (TPSA) is 38.3 Å². The lowest BCUT2D eigenvalue weighted by Crippen LogP contribution is -2.43. The van der Waals surface area contributed by atoms with Crippen molar-refractivity contribution < 1.29 is 4.74 Å². The van der Waals surface area contributed by atoms with Crippen molar-refractivity contribution in [1.82, 2.24) is 14.9 Å². The fourth-order valence-electron chi connectivity index (χ4n) is 0.926. The van der Waals surface area contributed by atoms with E-state index in [2.05, 4.69) is 28.7 Å². The van der Waals surface area contributed by atoms with Crippen LogP contribution in [0.5, 0.6) is 5.88 Å². The van der Waals surface area contributed by atoms with Gasteiger partial charge in [-0.1, -0.05) is 0 Å². The fraction of sp³-hybridized carbons (Fsp3) is 0.636. The first-order chi connectivity index (χ1) is 7.33. The van der Waals surface area contributed by atoms with Gasteiger partial charge in [-0.3, -0.25) is 0 Å². The van der Waals surface area contributed by atoms with Crippen molar-refractivity contribution in [2.24, 2.45) is 0 Å². The lowest BCUT2D eigenvalue weighted by Gasteiger charge is -2.32. The summed E-state index contributed by atoms with van der Waals surface area (Å²) in [6, 6.07) is 0. The standard InChI is InChI=1S/C11H18ClN3O/c1-8-6-13-10(12)14-9(8)16-7-11(2,3)15(4)5/h6H,7H2,1-5H3. The highest BCUT2D eigenvalue weighted by molar-refractivity contribution is 6.28. The summed E-state index contributed by atoms with van der Waals surface area (Å²) in [7, 11) is 4.03. The summed E-state index contributed by atoms with van der Waals surface area (Å²) in [6.07, 6.45) is 1.66. The molecule has 0 fully saturated rings. The summed E-state index contributed by atoms with van der Waals surface area (Å²) in [6.45, 7) is 6.65. The second kappa shape index (κ2) is 4.97. The van der Waals surface area contributed by atoms with Crippen molar-refractivity contribution in [2.75, 3.05) is 20.7 Å². The van der Waals surface area contributed by atoms with E-state index in [4.69, 9.17) is 16.3 Å². The SMILES string of the molecule is Cc1cnc(Cl)nc1OCC(C)(C)N(C)C. The van der Waals surface area contributed by atoms with Crippen LogP contribution >= 0.6 is 11.6 Å². The van der Waals surface area contributed by atoms with Gasteiger partial charge < -0.3 is 9.64 Å². The molecule has 0 aliphatic rings. The minimum absolute atomic E-state index is 0.0517. The monoisotopic (exact) mass is 243 g/mol. The quantitative estimate of drug-likeness (QED) is 0.760. The summed E-state index contributed by atoms with van der Waals surface area (Å²) < 4.78 is 5.67. The minimum Gasteiger partial charge on any atom is -0.475 e. The number of hydrogen-bond acceptors (Lipinski definition) is 4. The first-order valence-corrected chi connectivity index (χ1v) is 5.50. The van der Waals surface area contributed by atoms with E-state index in [1.54, 1.807) is 6.20 Å². The predicted molar refractivity (Wildman–Crippen MR) is 65.0 cm³/mol. The first-order valence-electron chi connectivity index (χ1n) is 5.12. The Balaban J connectivity index is 2.71. The third kappa shape index (κ3) is 3.32. The third-order valence-corrected chi connectivity index (χ3v) is 2.85. The van der Waals surface area contributed by atoms with Crippen LogP contribution in [0.25, 0.3) is 0 Å². The fourth-order valence-corrected chi connectivity index (χ4v) is 1.05. The number of aryl methyl sites for hydroxylation is 1. The van der Waals surface area contributed by atoms with Gasteiger partial charge in [0.05, 0.1) is 0 Å². The maximum atomic E-state index is 5.72. The maximum Gasteiger partial charge on any atom is 0.225 e. The van der Waals surface area contributed by atoms with Crippen molar-refractivity contribution in [2.45, 2.75) is 26.3 Å². The highest BCUT2D eigenvalue weighted by Crippen LogP contribution is 2.18. The lowest BCUT2D eigenvalue weighted by atomic mass is 10.1. The van der Waals surface area contributed by atoms with Crippen LogP contribution in [0.15, 0.2) is 6.20 Å². The van der Waals surface area contributed by atoms with E-state index in [0.29, 0.717) is 12.5 Å². The summed E-state index contributed by atoms with van der Waals surface area (Å²) in [4.78, 5) is 10.0. The molecule has 0 aromatic carbocycles. The van der Waals surface area contributed by atoms with Crippen molar-refractivity contribution in [3.8, 4) is 5.88 Å². The largest absolute Gasteiger partial charge is 0.475 e. The van der Waals surface area contributed by atoms with Gasteiger partial charge in [-0.2, -0.15) is 4.98 Å². The van der Waals surface area contributed by atoms with Crippen LogP contribution in [-0.4, -0.2) is 41.1 Å². The van der Waals surface area contributed by atoms with Gasteiger partial charge in [0.15, 0.2) is 0 Å². The van der Waals surface area contributed by atoms with Gasteiger partial charge in [0.25, 0.3) is 0 Å². The van der Waals surface area contributed by atoms with Gasteiger partial charge in [-0.25, -0.2) is 4.98 Å². The second-order valence-electron chi connectivity index (χ2n) is 4.62. The van der Waals surface area contributed by atoms with Crippen LogP contribution in [0.3, 0.4) is 0 Å². The summed E-state index contributed by atoms with van der Waals surface area (Å²) in [5, 5.41) is 0.211. The van der Waals surface area contributed by atoms with E-state index in [0.717, 1.165) is 5.56 Å². The van der Waals surface area contributed by atoms with E-state index in [9.17, 15) is 0 Å². The summed E-state index contributed by atoms with van der Waals surface area (Å²) >= 11 is 5.72. The average Bonchev–Trinajstić information content (AvgIpc) is 2.19. The van der Waals surface area contributed by atoms with Crippen molar-refractivity contribution >= 4 is 11.6 Å². The van der Waals surface area contributed by atoms with Crippen LogP contribution in [0.2, 0.25) is 5.28 Å². The highest BCUT2D eigenvalue weighted by Gasteiger charge is 2.22.